The van der Waals surface area contributed by atoms with E-state index in [1.54, 1.807) is 24.3 Å². The Kier molecular flexibility index (Phi) is 4.39. The molecule has 0 spiro atoms. The maximum Gasteiger partial charge on any atom is 0.407 e. The van der Waals surface area contributed by atoms with Gasteiger partial charge in [0.1, 0.15) is 0 Å². The summed E-state index contributed by atoms with van der Waals surface area (Å²) in [7, 11) is 1.46. The third kappa shape index (κ3) is 3.42. The van der Waals surface area contributed by atoms with Crippen molar-refractivity contribution in [3.05, 3.63) is 34.9 Å². The Labute approximate surface area is 92.8 Å². The normalized spacial score (nSPS) is 11.9. The van der Waals surface area contributed by atoms with Gasteiger partial charge in [-0.2, -0.15) is 0 Å². The van der Waals surface area contributed by atoms with Crippen LogP contribution in [0.3, 0.4) is 0 Å². The lowest BCUT2D eigenvalue weighted by atomic mass is 10.1. The van der Waals surface area contributed by atoms with Gasteiger partial charge < -0.3 is 15.2 Å². The van der Waals surface area contributed by atoms with Gasteiger partial charge >= 0.3 is 6.09 Å². The summed E-state index contributed by atoms with van der Waals surface area (Å²) in [6, 6.07) is 6.75. The van der Waals surface area contributed by atoms with Crippen molar-refractivity contribution in [2.45, 2.75) is 6.10 Å². The minimum absolute atomic E-state index is 0.269. The zero-order valence-electron chi connectivity index (χ0n) is 8.24. The highest BCUT2D eigenvalue weighted by Crippen LogP contribution is 2.19. The highest BCUT2D eigenvalue weighted by molar-refractivity contribution is 6.30. The van der Waals surface area contributed by atoms with Crippen LogP contribution < -0.4 is 5.32 Å². The Morgan fingerprint density at radius 2 is 2.13 bits per heavy atom. The molecule has 0 saturated carbocycles. The average molecular weight is 230 g/mol. The fourth-order valence-electron chi connectivity index (χ4n) is 1.08. The molecule has 0 aliphatic heterocycles. The first kappa shape index (κ1) is 11.8. The second-order valence-corrected chi connectivity index (χ2v) is 3.31. The Morgan fingerprint density at radius 3 is 2.60 bits per heavy atom. The van der Waals surface area contributed by atoms with E-state index < -0.39 is 12.2 Å². The van der Waals surface area contributed by atoms with Gasteiger partial charge in [-0.15, -0.1) is 0 Å². The molecule has 0 aromatic heterocycles. The number of carbonyl (C=O) groups is 1. The van der Waals surface area contributed by atoms with E-state index in [9.17, 15) is 4.79 Å². The fraction of sp³-hybridized carbons (Fsp3) is 0.300. The number of aliphatic hydroxyl groups is 1. The van der Waals surface area contributed by atoms with E-state index in [0.717, 1.165) is 0 Å². The Hall–Kier alpha value is -1.26. The lowest BCUT2D eigenvalue weighted by Gasteiger charge is -2.15. The van der Waals surface area contributed by atoms with Crippen LogP contribution in [-0.4, -0.2) is 24.9 Å². The van der Waals surface area contributed by atoms with Crippen molar-refractivity contribution >= 4 is 17.7 Å². The second-order valence-electron chi connectivity index (χ2n) is 2.88. The van der Waals surface area contributed by atoms with Crippen molar-refractivity contribution < 1.29 is 14.6 Å². The van der Waals surface area contributed by atoms with Crippen molar-refractivity contribution in [1.82, 2.24) is 5.32 Å². The topological polar surface area (TPSA) is 58.6 Å². The molecule has 0 fully saturated rings. The average Bonchev–Trinajstić information content (AvgIpc) is 2.27. The van der Waals surface area contributed by atoms with Crippen molar-refractivity contribution in [3.63, 3.8) is 0 Å². The van der Waals surface area contributed by atoms with Crippen molar-refractivity contribution in [2.24, 2.45) is 0 Å². The third-order valence-electron chi connectivity index (χ3n) is 1.86. The number of nitrogens with one attached hydrogen (secondary N) is 1. The highest BCUT2D eigenvalue weighted by Gasteiger charge is 2.14. The molecule has 0 heterocycles. The Bertz CT molecular complexity index is 326. The third-order valence-corrected chi connectivity index (χ3v) is 2.11. The Balaban J connectivity index is 2.74. The predicted molar refractivity (Wildman–Crippen MR) is 56.8 cm³/mol. The number of carbonyl (C=O) groups excluding carboxylic acids is 1. The predicted octanol–water partition coefficient (Wildman–Crippen LogP) is 1.73. The SMILES string of the molecule is CNC(=O)O[C@H](CO)c1ccc(Cl)cc1. The van der Waals surface area contributed by atoms with E-state index in [4.69, 9.17) is 21.4 Å². The number of aliphatic hydroxyl groups excluding tert-OH is 1. The molecule has 1 aromatic carbocycles. The van der Waals surface area contributed by atoms with Crippen LogP contribution in [0.5, 0.6) is 0 Å². The first-order valence-electron chi connectivity index (χ1n) is 4.42. The van der Waals surface area contributed by atoms with E-state index in [-0.39, 0.29) is 6.61 Å². The van der Waals surface area contributed by atoms with Crippen LogP contribution in [0.25, 0.3) is 0 Å². The molecule has 0 saturated heterocycles. The van der Waals surface area contributed by atoms with Crippen LogP contribution in [0.2, 0.25) is 5.02 Å². The summed E-state index contributed by atoms with van der Waals surface area (Å²) in [5.41, 5.74) is 0.700. The molecule has 0 unspecified atom stereocenters. The zero-order chi connectivity index (χ0) is 11.3. The van der Waals surface area contributed by atoms with Gasteiger partial charge in [-0.3, -0.25) is 0 Å². The van der Waals surface area contributed by atoms with Crippen LogP contribution in [-0.2, 0) is 4.74 Å². The summed E-state index contributed by atoms with van der Waals surface area (Å²) in [4.78, 5) is 11.0. The number of ether oxygens (including phenoxy) is 1. The number of hydrogen-bond acceptors (Lipinski definition) is 3. The van der Waals surface area contributed by atoms with Crippen LogP contribution in [0, 0.1) is 0 Å². The molecule has 4 nitrogen and oxygen atoms in total. The van der Waals surface area contributed by atoms with Gasteiger partial charge in [-0.05, 0) is 17.7 Å². The molecule has 0 aliphatic carbocycles. The smallest absolute Gasteiger partial charge is 0.407 e. The number of benzene rings is 1. The van der Waals surface area contributed by atoms with Crippen molar-refractivity contribution in [3.8, 4) is 0 Å². The molecule has 2 N–H and O–H groups in total. The van der Waals surface area contributed by atoms with Crippen LogP contribution in [0.4, 0.5) is 4.79 Å². The lowest BCUT2D eigenvalue weighted by Crippen LogP contribution is -2.23. The first-order chi connectivity index (χ1) is 7.17. The van der Waals surface area contributed by atoms with Gasteiger partial charge in [-0.1, -0.05) is 23.7 Å². The van der Waals surface area contributed by atoms with Crippen LogP contribution >= 0.6 is 11.6 Å². The minimum Gasteiger partial charge on any atom is -0.439 e. The summed E-state index contributed by atoms with van der Waals surface area (Å²) in [6.07, 6.45) is -1.24. The Morgan fingerprint density at radius 1 is 1.53 bits per heavy atom. The number of hydrogen-bond donors (Lipinski definition) is 2. The van der Waals surface area contributed by atoms with Crippen molar-refractivity contribution in [1.29, 1.82) is 0 Å². The van der Waals surface area contributed by atoms with Gasteiger partial charge in [0.2, 0.25) is 0 Å². The molecule has 1 aromatic rings. The summed E-state index contributed by atoms with van der Waals surface area (Å²) >= 11 is 5.71. The van der Waals surface area contributed by atoms with E-state index >= 15 is 0 Å². The zero-order valence-corrected chi connectivity index (χ0v) is 8.99. The number of alkyl carbamates (subject to hydrolysis) is 1. The van der Waals surface area contributed by atoms with Gasteiger partial charge in [0.25, 0.3) is 0 Å². The molecule has 15 heavy (non-hydrogen) atoms. The van der Waals surface area contributed by atoms with Gasteiger partial charge in [0.15, 0.2) is 6.10 Å². The standard InChI is InChI=1S/C10H12ClNO3/c1-12-10(14)15-9(6-13)7-2-4-8(11)5-3-7/h2-5,9,13H,6H2,1H3,(H,12,14)/t9-/m1/s1. The van der Waals surface area contributed by atoms with E-state index in [1.165, 1.54) is 7.05 Å². The molecule has 5 heteroatoms. The molecule has 1 amide bonds. The molecule has 1 rings (SSSR count). The monoisotopic (exact) mass is 229 g/mol. The van der Waals surface area contributed by atoms with Crippen molar-refractivity contribution in [2.75, 3.05) is 13.7 Å². The quantitative estimate of drug-likeness (QED) is 0.830. The fourth-order valence-corrected chi connectivity index (χ4v) is 1.20. The van der Waals surface area contributed by atoms with Gasteiger partial charge in [0, 0.05) is 12.1 Å². The number of amides is 1. The molecular formula is C10H12ClNO3. The minimum atomic E-state index is -0.665. The van der Waals surface area contributed by atoms with Gasteiger partial charge in [0.05, 0.1) is 6.61 Å². The number of halogens is 1. The second kappa shape index (κ2) is 5.58. The van der Waals surface area contributed by atoms with E-state index in [1.807, 2.05) is 0 Å². The summed E-state index contributed by atoms with van der Waals surface area (Å²) in [5.74, 6) is 0. The summed E-state index contributed by atoms with van der Waals surface area (Å²) in [5, 5.41) is 12.0. The molecule has 0 bridgehead atoms. The van der Waals surface area contributed by atoms with E-state index in [0.29, 0.717) is 10.6 Å². The highest BCUT2D eigenvalue weighted by atomic mass is 35.5. The maximum absolute atomic E-state index is 11.0. The summed E-state index contributed by atoms with van der Waals surface area (Å²) < 4.78 is 4.93. The summed E-state index contributed by atoms with van der Waals surface area (Å²) in [6.45, 7) is -0.269. The molecule has 1 atom stereocenters. The molecular weight excluding hydrogens is 218 g/mol. The molecule has 0 aliphatic rings. The van der Waals surface area contributed by atoms with E-state index in [2.05, 4.69) is 5.32 Å². The van der Waals surface area contributed by atoms with Crippen LogP contribution in [0.15, 0.2) is 24.3 Å². The largest absolute Gasteiger partial charge is 0.439 e. The number of rotatable bonds is 3. The molecule has 0 radical (unpaired) electrons. The van der Waals surface area contributed by atoms with Crippen LogP contribution in [0.1, 0.15) is 11.7 Å². The molecule has 82 valence electrons. The van der Waals surface area contributed by atoms with Gasteiger partial charge in [-0.25, -0.2) is 4.79 Å². The first-order valence-corrected chi connectivity index (χ1v) is 4.80. The maximum atomic E-state index is 11.0. The lowest BCUT2D eigenvalue weighted by molar-refractivity contribution is 0.0584.